The van der Waals surface area contributed by atoms with Crippen LogP contribution in [0.5, 0.6) is 5.75 Å². The van der Waals surface area contributed by atoms with Crippen molar-refractivity contribution in [3.05, 3.63) is 64.7 Å². The zero-order chi connectivity index (χ0) is 14.1. The number of benzene rings is 2. The van der Waals surface area contributed by atoms with E-state index < -0.39 is 17.7 Å². The number of fused-ring (bicyclic) bond motifs is 1. The highest BCUT2D eigenvalue weighted by Gasteiger charge is 2.23. The molecule has 1 atom stereocenters. The molecule has 1 unspecified atom stereocenters. The minimum atomic E-state index is -0.487. The Hall–Kier alpha value is -1.94. The summed E-state index contributed by atoms with van der Waals surface area (Å²) in [6.45, 7) is -0.0316. The van der Waals surface area contributed by atoms with Gasteiger partial charge in [0.1, 0.15) is 24.0 Å². The van der Waals surface area contributed by atoms with Crippen molar-refractivity contribution in [2.45, 2.75) is 25.6 Å². The molecule has 0 fully saturated rings. The standard InChI is InChI=1S/C16H14F2O2/c17-11-4-6-14(18)10(8-11)9-20-16-3-1-2-12-13(16)5-7-15(12)19/h1-4,6,8,15,19H,5,7,9H2. The molecule has 0 spiro atoms. The normalized spacial score (nSPS) is 17.1. The van der Waals surface area contributed by atoms with E-state index in [4.69, 9.17) is 4.74 Å². The molecule has 2 aromatic carbocycles. The summed E-state index contributed by atoms with van der Waals surface area (Å²) in [4.78, 5) is 0. The second-order valence-electron chi connectivity index (χ2n) is 4.90. The van der Waals surface area contributed by atoms with Crippen molar-refractivity contribution in [3.8, 4) is 5.75 Å². The van der Waals surface area contributed by atoms with Gasteiger partial charge >= 0.3 is 0 Å². The summed E-state index contributed by atoms with van der Waals surface area (Å²) in [5.74, 6) is -0.347. The molecule has 0 saturated carbocycles. The van der Waals surface area contributed by atoms with Gasteiger partial charge in [0, 0.05) is 11.1 Å². The Balaban J connectivity index is 1.81. The van der Waals surface area contributed by atoms with E-state index in [1.807, 2.05) is 6.07 Å². The van der Waals surface area contributed by atoms with Gasteiger partial charge in [0.15, 0.2) is 0 Å². The maximum Gasteiger partial charge on any atom is 0.130 e. The van der Waals surface area contributed by atoms with Crippen molar-refractivity contribution in [1.82, 2.24) is 0 Å². The largest absolute Gasteiger partial charge is 0.489 e. The molecular weight excluding hydrogens is 262 g/mol. The van der Waals surface area contributed by atoms with Crippen LogP contribution in [0.1, 0.15) is 29.2 Å². The first-order valence-electron chi connectivity index (χ1n) is 6.52. The Morgan fingerprint density at radius 2 is 2.05 bits per heavy atom. The summed E-state index contributed by atoms with van der Waals surface area (Å²) < 4.78 is 32.2. The van der Waals surface area contributed by atoms with E-state index in [1.54, 1.807) is 12.1 Å². The Kier molecular flexibility index (Phi) is 3.40. The van der Waals surface area contributed by atoms with Gasteiger partial charge in [-0.3, -0.25) is 0 Å². The molecule has 0 amide bonds. The third-order valence-electron chi connectivity index (χ3n) is 3.59. The maximum absolute atomic E-state index is 13.5. The van der Waals surface area contributed by atoms with Crippen molar-refractivity contribution in [3.63, 3.8) is 0 Å². The first kappa shape index (κ1) is 13.1. The molecule has 0 saturated heterocycles. The van der Waals surface area contributed by atoms with Crippen LogP contribution in [0.4, 0.5) is 8.78 Å². The van der Waals surface area contributed by atoms with Crippen LogP contribution in [0.2, 0.25) is 0 Å². The lowest BCUT2D eigenvalue weighted by Gasteiger charge is -2.12. The molecule has 2 aromatic rings. The van der Waals surface area contributed by atoms with Crippen molar-refractivity contribution >= 4 is 0 Å². The molecule has 1 aliphatic carbocycles. The maximum atomic E-state index is 13.5. The summed E-state index contributed by atoms with van der Waals surface area (Å²) in [5, 5.41) is 9.81. The predicted octanol–water partition coefficient (Wildman–Crippen LogP) is 3.52. The van der Waals surface area contributed by atoms with Crippen LogP contribution in [-0.2, 0) is 13.0 Å². The smallest absolute Gasteiger partial charge is 0.130 e. The van der Waals surface area contributed by atoms with E-state index >= 15 is 0 Å². The van der Waals surface area contributed by atoms with E-state index in [2.05, 4.69) is 0 Å². The van der Waals surface area contributed by atoms with Gasteiger partial charge in [-0.15, -0.1) is 0 Å². The molecule has 2 nitrogen and oxygen atoms in total. The molecule has 20 heavy (non-hydrogen) atoms. The van der Waals surface area contributed by atoms with E-state index in [0.29, 0.717) is 12.2 Å². The van der Waals surface area contributed by atoms with Gasteiger partial charge in [0.2, 0.25) is 0 Å². The Bertz CT molecular complexity index is 640. The number of aliphatic hydroxyl groups excluding tert-OH is 1. The van der Waals surface area contributed by atoms with Crippen molar-refractivity contribution in [1.29, 1.82) is 0 Å². The van der Waals surface area contributed by atoms with Gasteiger partial charge in [-0.1, -0.05) is 12.1 Å². The van der Waals surface area contributed by atoms with Crippen LogP contribution < -0.4 is 4.74 Å². The lowest BCUT2D eigenvalue weighted by Crippen LogP contribution is -2.01. The number of rotatable bonds is 3. The van der Waals surface area contributed by atoms with Crippen LogP contribution >= 0.6 is 0 Å². The lowest BCUT2D eigenvalue weighted by molar-refractivity contribution is 0.180. The third kappa shape index (κ3) is 2.39. The molecule has 1 aliphatic rings. The average Bonchev–Trinajstić information content (AvgIpc) is 2.82. The molecule has 0 heterocycles. The Morgan fingerprint density at radius 1 is 1.20 bits per heavy atom. The third-order valence-corrected chi connectivity index (χ3v) is 3.59. The molecule has 104 valence electrons. The number of hydrogen-bond acceptors (Lipinski definition) is 2. The lowest BCUT2D eigenvalue weighted by atomic mass is 10.1. The molecule has 0 aromatic heterocycles. The number of hydrogen-bond donors (Lipinski definition) is 1. The van der Waals surface area contributed by atoms with Gasteiger partial charge in [-0.2, -0.15) is 0 Å². The summed E-state index contributed by atoms with van der Waals surface area (Å²) in [6.07, 6.45) is 0.946. The predicted molar refractivity (Wildman–Crippen MR) is 70.4 cm³/mol. The topological polar surface area (TPSA) is 29.5 Å². The number of aliphatic hydroxyl groups is 1. The molecule has 0 aliphatic heterocycles. The quantitative estimate of drug-likeness (QED) is 0.929. The van der Waals surface area contributed by atoms with Crippen LogP contribution in [0, 0.1) is 11.6 Å². The van der Waals surface area contributed by atoms with E-state index in [1.165, 1.54) is 0 Å². The number of halogens is 2. The van der Waals surface area contributed by atoms with Gasteiger partial charge in [-0.05, 0) is 42.7 Å². The van der Waals surface area contributed by atoms with E-state index in [-0.39, 0.29) is 12.2 Å². The molecule has 3 rings (SSSR count). The van der Waals surface area contributed by atoms with Crippen LogP contribution in [0.15, 0.2) is 36.4 Å². The summed E-state index contributed by atoms with van der Waals surface area (Å²) in [5.41, 5.74) is 2.00. The Morgan fingerprint density at radius 3 is 2.90 bits per heavy atom. The highest BCUT2D eigenvalue weighted by molar-refractivity contribution is 5.44. The highest BCUT2D eigenvalue weighted by Crippen LogP contribution is 2.37. The van der Waals surface area contributed by atoms with Crippen molar-refractivity contribution < 1.29 is 18.6 Å². The van der Waals surface area contributed by atoms with E-state index in [0.717, 1.165) is 35.7 Å². The second kappa shape index (κ2) is 5.21. The van der Waals surface area contributed by atoms with Gasteiger partial charge < -0.3 is 9.84 Å². The van der Waals surface area contributed by atoms with Crippen molar-refractivity contribution in [2.24, 2.45) is 0 Å². The van der Waals surface area contributed by atoms with E-state index in [9.17, 15) is 13.9 Å². The first-order valence-corrected chi connectivity index (χ1v) is 6.52. The zero-order valence-electron chi connectivity index (χ0n) is 10.8. The fourth-order valence-corrected chi connectivity index (χ4v) is 2.54. The number of ether oxygens (including phenoxy) is 1. The fraction of sp³-hybridized carbons (Fsp3) is 0.250. The average molecular weight is 276 g/mol. The van der Waals surface area contributed by atoms with Gasteiger partial charge in [-0.25, -0.2) is 8.78 Å². The molecule has 0 bridgehead atoms. The Labute approximate surface area is 115 Å². The van der Waals surface area contributed by atoms with Crippen LogP contribution in [0.25, 0.3) is 0 Å². The second-order valence-corrected chi connectivity index (χ2v) is 4.90. The fourth-order valence-electron chi connectivity index (χ4n) is 2.54. The highest BCUT2D eigenvalue weighted by atomic mass is 19.1. The van der Waals surface area contributed by atoms with Crippen LogP contribution in [0.3, 0.4) is 0 Å². The van der Waals surface area contributed by atoms with Gasteiger partial charge in [0.25, 0.3) is 0 Å². The SMILES string of the molecule is OC1CCc2c(OCc3cc(F)ccc3F)cccc21. The minimum Gasteiger partial charge on any atom is -0.489 e. The summed E-state index contributed by atoms with van der Waals surface area (Å²) in [6, 6.07) is 8.75. The molecule has 0 radical (unpaired) electrons. The first-order chi connectivity index (χ1) is 9.65. The molecule has 4 heteroatoms. The monoisotopic (exact) mass is 276 g/mol. The summed E-state index contributed by atoms with van der Waals surface area (Å²) >= 11 is 0. The van der Waals surface area contributed by atoms with Gasteiger partial charge in [0.05, 0.1) is 6.10 Å². The van der Waals surface area contributed by atoms with Crippen LogP contribution in [-0.4, -0.2) is 5.11 Å². The summed E-state index contributed by atoms with van der Waals surface area (Å²) in [7, 11) is 0. The zero-order valence-corrected chi connectivity index (χ0v) is 10.8. The minimum absolute atomic E-state index is 0.0316. The van der Waals surface area contributed by atoms with Crippen molar-refractivity contribution in [2.75, 3.05) is 0 Å². The molecule has 1 N–H and O–H groups in total. The molecular formula is C16H14F2O2.